The van der Waals surface area contributed by atoms with E-state index in [-0.39, 0.29) is 15.4 Å². The lowest BCUT2D eigenvalue weighted by Crippen LogP contribution is -2.19. The number of carbonyl (C=O) groups is 1. The Kier molecular flexibility index (Phi) is 6.24. The summed E-state index contributed by atoms with van der Waals surface area (Å²) in [5.41, 5.74) is 0.791. The normalized spacial score (nSPS) is 13.1. The molecule has 0 saturated heterocycles. The summed E-state index contributed by atoms with van der Waals surface area (Å²) in [6, 6.07) is 10.0. The van der Waals surface area contributed by atoms with Gasteiger partial charge >= 0.3 is 0 Å². The Morgan fingerprint density at radius 3 is 2.50 bits per heavy atom. The van der Waals surface area contributed by atoms with Crippen molar-refractivity contribution < 1.29 is 26.4 Å². The highest BCUT2D eigenvalue weighted by Gasteiger charge is 2.15. The summed E-state index contributed by atoms with van der Waals surface area (Å²) >= 11 is 1.12. The number of primary sulfonamides is 1. The monoisotopic (exact) mass is 469 g/mol. The topological polar surface area (TPSA) is 138 Å². The Bertz CT molecular complexity index is 1400. The summed E-state index contributed by atoms with van der Waals surface area (Å²) in [5.74, 6) is -0.620. The Morgan fingerprint density at radius 2 is 1.87 bits per heavy atom. The number of methoxy groups -OCH3 is 1. The van der Waals surface area contributed by atoms with E-state index in [1.54, 1.807) is 10.6 Å². The molecule has 2 aromatic carbocycles. The van der Waals surface area contributed by atoms with Gasteiger partial charge in [-0.25, -0.2) is 22.0 Å². The van der Waals surface area contributed by atoms with Gasteiger partial charge in [-0.3, -0.25) is 4.79 Å². The van der Waals surface area contributed by atoms with Crippen molar-refractivity contribution in [3.63, 3.8) is 0 Å². The van der Waals surface area contributed by atoms with E-state index in [1.165, 1.54) is 43.5 Å². The smallest absolute Gasteiger partial charge is 0.279 e. The number of rotatable bonds is 6. The molecule has 0 aliphatic carbocycles. The molecule has 1 heterocycles. The average Bonchev–Trinajstić information content (AvgIpc) is 3.01. The quantitative estimate of drug-likeness (QED) is 0.575. The van der Waals surface area contributed by atoms with Crippen LogP contribution < -0.4 is 9.94 Å². The lowest BCUT2D eigenvalue weighted by molar-refractivity contribution is 0.0997. The molecule has 0 aliphatic heterocycles. The van der Waals surface area contributed by atoms with Crippen molar-refractivity contribution in [3.05, 3.63) is 52.8 Å². The van der Waals surface area contributed by atoms with E-state index in [0.29, 0.717) is 28.2 Å². The zero-order valence-corrected chi connectivity index (χ0v) is 18.6. The molecule has 9 nitrogen and oxygen atoms in total. The van der Waals surface area contributed by atoms with Crippen LogP contribution in [0.3, 0.4) is 0 Å². The fraction of sp³-hybridized carbons (Fsp3) is 0.222. The molecule has 1 amide bonds. The Morgan fingerprint density at radius 1 is 1.13 bits per heavy atom. The number of sulfonamides is 1. The Balaban J connectivity index is 2.15. The van der Waals surface area contributed by atoms with Crippen LogP contribution in [0.5, 0.6) is 0 Å². The summed E-state index contributed by atoms with van der Waals surface area (Å²) in [5, 5.41) is 5.20. The van der Waals surface area contributed by atoms with Crippen molar-refractivity contribution in [2.75, 3.05) is 20.0 Å². The molecule has 0 saturated carbocycles. The second-order valence-electron chi connectivity index (χ2n) is 6.42. The van der Waals surface area contributed by atoms with Crippen LogP contribution in [0.1, 0.15) is 10.4 Å². The van der Waals surface area contributed by atoms with Gasteiger partial charge in [-0.15, -0.1) is 0 Å². The number of hydrogen-bond acceptors (Lipinski definition) is 7. The second-order valence-corrected chi connectivity index (χ2v) is 11.0. The number of nitrogens with two attached hydrogens (primary N) is 1. The molecular formula is C18H19N3O6S3. The molecule has 3 rings (SSSR count). The van der Waals surface area contributed by atoms with E-state index in [1.807, 2.05) is 0 Å². The minimum atomic E-state index is -3.88. The van der Waals surface area contributed by atoms with Gasteiger partial charge in [-0.2, -0.15) is 4.99 Å². The summed E-state index contributed by atoms with van der Waals surface area (Å²) in [6.07, 6.45) is 1.06. The first-order valence-corrected chi connectivity index (χ1v) is 12.8. The highest BCUT2D eigenvalue weighted by Crippen LogP contribution is 2.21. The van der Waals surface area contributed by atoms with Gasteiger partial charge in [0.05, 0.1) is 26.6 Å². The molecule has 0 radical (unpaired) electrons. The highest BCUT2D eigenvalue weighted by molar-refractivity contribution is 7.90. The van der Waals surface area contributed by atoms with E-state index in [2.05, 4.69) is 4.99 Å². The summed E-state index contributed by atoms with van der Waals surface area (Å²) < 4.78 is 54.2. The van der Waals surface area contributed by atoms with E-state index < -0.39 is 25.8 Å². The summed E-state index contributed by atoms with van der Waals surface area (Å²) in [6.45, 7) is 0.717. The van der Waals surface area contributed by atoms with Crippen LogP contribution in [0.15, 0.2) is 57.2 Å². The van der Waals surface area contributed by atoms with Gasteiger partial charge in [0.1, 0.15) is 0 Å². The fourth-order valence-corrected chi connectivity index (χ4v) is 5.10. The molecule has 12 heteroatoms. The van der Waals surface area contributed by atoms with Crippen molar-refractivity contribution in [2.24, 2.45) is 10.1 Å². The van der Waals surface area contributed by atoms with Crippen LogP contribution in [0.4, 0.5) is 0 Å². The number of ether oxygens (including phenoxy) is 1. The van der Waals surface area contributed by atoms with Gasteiger partial charge in [0, 0.05) is 25.5 Å². The van der Waals surface area contributed by atoms with Crippen LogP contribution >= 0.6 is 11.3 Å². The number of fused-ring (bicyclic) bond motifs is 1. The molecule has 160 valence electrons. The molecule has 0 aliphatic rings. The average molecular weight is 470 g/mol. The molecule has 3 aromatic rings. The first kappa shape index (κ1) is 22.3. The van der Waals surface area contributed by atoms with Crippen molar-refractivity contribution in [1.82, 2.24) is 4.57 Å². The zero-order valence-electron chi connectivity index (χ0n) is 16.1. The number of thiazole rings is 1. The van der Waals surface area contributed by atoms with Gasteiger partial charge in [0.15, 0.2) is 14.6 Å². The second kappa shape index (κ2) is 8.40. The van der Waals surface area contributed by atoms with E-state index >= 15 is 0 Å². The minimum absolute atomic E-state index is 0.0185. The third kappa shape index (κ3) is 4.84. The molecule has 30 heavy (non-hydrogen) atoms. The first-order chi connectivity index (χ1) is 14.0. The maximum Gasteiger partial charge on any atom is 0.279 e. The Hall–Kier alpha value is -2.38. The van der Waals surface area contributed by atoms with Gasteiger partial charge in [0.25, 0.3) is 5.91 Å². The third-order valence-electron chi connectivity index (χ3n) is 4.21. The van der Waals surface area contributed by atoms with E-state index in [9.17, 15) is 21.6 Å². The number of hydrogen-bond donors (Lipinski definition) is 1. The third-order valence-corrected chi connectivity index (χ3v) is 7.27. The number of benzene rings is 2. The largest absolute Gasteiger partial charge is 0.383 e. The predicted octanol–water partition coefficient (Wildman–Crippen LogP) is 1.14. The molecule has 2 N–H and O–H groups in total. The van der Waals surface area contributed by atoms with E-state index in [0.717, 1.165) is 17.6 Å². The number of sulfone groups is 1. The highest BCUT2D eigenvalue weighted by atomic mass is 32.2. The van der Waals surface area contributed by atoms with E-state index in [4.69, 9.17) is 9.88 Å². The van der Waals surface area contributed by atoms with Crippen LogP contribution in [-0.4, -0.2) is 47.3 Å². The molecule has 0 atom stereocenters. The van der Waals surface area contributed by atoms with Gasteiger partial charge in [0.2, 0.25) is 10.0 Å². The standard InChI is InChI=1S/C18H19N3O6S3/c1-27-9-8-21-15-7-6-14(30(19,25)26)11-16(15)28-18(21)20-17(22)12-4-3-5-13(10-12)29(2,23)24/h3-7,10-11H,8-9H2,1-2H3,(H2,19,25,26). The maximum absolute atomic E-state index is 12.7. The van der Waals surface area contributed by atoms with Crippen LogP contribution in [-0.2, 0) is 31.1 Å². The van der Waals surface area contributed by atoms with Crippen molar-refractivity contribution in [1.29, 1.82) is 0 Å². The molecular weight excluding hydrogens is 450 g/mol. The van der Waals surface area contributed by atoms with Gasteiger partial charge < -0.3 is 9.30 Å². The maximum atomic E-state index is 12.7. The van der Waals surface area contributed by atoms with Crippen molar-refractivity contribution >= 4 is 47.3 Å². The predicted molar refractivity (Wildman–Crippen MR) is 113 cm³/mol. The van der Waals surface area contributed by atoms with Gasteiger partial charge in [-0.1, -0.05) is 17.4 Å². The van der Waals surface area contributed by atoms with Crippen LogP contribution in [0, 0.1) is 0 Å². The van der Waals surface area contributed by atoms with Crippen molar-refractivity contribution in [2.45, 2.75) is 16.3 Å². The SMILES string of the molecule is COCCn1c(=NC(=O)c2cccc(S(C)(=O)=O)c2)sc2cc(S(N)(=O)=O)ccc21. The van der Waals surface area contributed by atoms with Gasteiger partial charge in [-0.05, 0) is 36.4 Å². The van der Waals surface area contributed by atoms with Crippen molar-refractivity contribution in [3.8, 4) is 0 Å². The number of amides is 1. The molecule has 0 spiro atoms. The first-order valence-electron chi connectivity index (χ1n) is 8.55. The zero-order chi connectivity index (χ0) is 22.1. The number of nitrogens with zero attached hydrogens (tertiary/aromatic N) is 2. The lowest BCUT2D eigenvalue weighted by Gasteiger charge is -2.05. The van der Waals surface area contributed by atoms with Crippen LogP contribution in [0.2, 0.25) is 0 Å². The lowest BCUT2D eigenvalue weighted by atomic mass is 10.2. The number of aromatic nitrogens is 1. The molecule has 0 fully saturated rings. The fourth-order valence-electron chi connectivity index (χ4n) is 2.73. The summed E-state index contributed by atoms with van der Waals surface area (Å²) in [4.78, 5) is 17.1. The molecule has 1 aromatic heterocycles. The molecule has 0 unspecified atom stereocenters. The van der Waals surface area contributed by atoms with Crippen LogP contribution in [0.25, 0.3) is 10.2 Å². The minimum Gasteiger partial charge on any atom is -0.383 e. The summed E-state index contributed by atoms with van der Waals surface area (Å²) in [7, 11) is -5.82. The number of carbonyl (C=O) groups excluding carboxylic acids is 1. The Labute approximate surface area is 177 Å². The molecule has 0 bridgehead atoms.